The van der Waals surface area contributed by atoms with Gasteiger partial charge in [0.05, 0.1) is 0 Å². The average molecular weight is 570 g/mol. The number of carbonyl (C=O) groups is 6. The molecule has 0 saturated heterocycles. The number of hydrogen-bond donors (Lipinski definition) is 0. The van der Waals surface area contributed by atoms with Crippen molar-refractivity contribution >= 4 is 46.8 Å². The molecular weight excluding hydrogens is 548 g/mol. The summed E-state index contributed by atoms with van der Waals surface area (Å²) in [7, 11) is 0. The minimum absolute atomic E-state index is 0.000429. The number of rotatable bonds is 7. The summed E-state index contributed by atoms with van der Waals surface area (Å²) in [6, 6.07) is 4.72. The van der Waals surface area contributed by atoms with Crippen molar-refractivity contribution < 1.29 is 61.6 Å². The molecule has 214 valence electrons. The lowest BCUT2D eigenvalue weighted by Gasteiger charge is -2.17. The Balaban J connectivity index is 2.49. The molecule has 3 aromatic rings. The van der Waals surface area contributed by atoms with E-state index in [1.165, 1.54) is 18.2 Å². The summed E-state index contributed by atoms with van der Waals surface area (Å²) in [5.41, 5.74) is -1.42. The van der Waals surface area contributed by atoms with Gasteiger partial charge in [-0.25, -0.2) is 0 Å². The molecule has 1 aromatic heterocycles. The van der Waals surface area contributed by atoms with Crippen LogP contribution < -0.4 is 33.8 Å². The molecule has 0 spiro atoms. The van der Waals surface area contributed by atoms with Crippen LogP contribution in [0.5, 0.6) is 34.5 Å². The highest BCUT2D eigenvalue weighted by Crippen LogP contribution is 2.46. The first kappa shape index (κ1) is 30.0. The minimum atomic E-state index is -1.06. The molecule has 0 aliphatic heterocycles. The first-order valence-corrected chi connectivity index (χ1v) is 11.6. The summed E-state index contributed by atoms with van der Waals surface area (Å²) in [4.78, 5) is 84.5. The second-order valence-electron chi connectivity index (χ2n) is 8.22. The van der Waals surface area contributed by atoms with Crippen LogP contribution in [0.1, 0.15) is 41.5 Å². The van der Waals surface area contributed by atoms with Crippen molar-refractivity contribution in [1.82, 2.24) is 0 Å². The number of fused-ring (bicyclic) bond motifs is 1. The van der Waals surface area contributed by atoms with Crippen molar-refractivity contribution in [2.75, 3.05) is 0 Å². The number of benzene rings is 2. The Morgan fingerprint density at radius 2 is 1.00 bits per heavy atom. The van der Waals surface area contributed by atoms with Crippen molar-refractivity contribution in [2.24, 2.45) is 0 Å². The Bertz CT molecular complexity index is 1680. The Morgan fingerprint density at radius 1 is 0.537 bits per heavy atom. The second-order valence-corrected chi connectivity index (χ2v) is 8.22. The lowest BCUT2D eigenvalue weighted by atomic mass is 10.1. The van der Waals surface area contributed by atoms with E-state index in [-0.39, 0.29) is 28.4 Å². The van der Waals surface area contributed by atoms with Crippen molar-refractivity contribution in [3.63, 3.8) is 0 Å². The highest BCUT2D eigenvalue weighted by Gasteiger charge is 2.29. The Labute approximate surface area is 230 Å². The third-order valence-electron chi connectivity index (χ3n) is 4.72. The zero-order valence-corrected chi connectivity index (χ0v) is 22.5. The van der Waals surface area contributed by atoms with Crippen LogP contribution in [0.4, 0.5) is 0 Å². The molecule has 0 fully saturated rings. The molecule has 0 N–H and O–H groups in total. The maximum absolute atomic E-state index is 13.8. The maximum Gasteiger partial charge on any atom is 0.308 e. The van der Waals surface area contributed by atoms with Crippen LogP contribution in [0.25, 0.3) is 22.3 Å². The molecule has 14 nitrogen and oxygen atoms in total. The minimum Gasteiger partial charge on any atom is -0.452 e. The third-order valence-corrected chi connectivity index (χ3v) is 4.72. The Morgan fingerprint density at radius 3 is 1.54 bits per heavy atom. The summed E-state index contributed by atoms with van der Waals surface area (Å²) in [6.07, 6.45) is 0. The van der Waals surface area contributed by atoms with Crippen LogP contribution in [0.3, 0.4) is 0 Å². The lowest BCUT2D eigenvalue weighted by Crippen LogP contribution is -2.17. The van der Waals surface area contributed by atoms with Gasteiger partial charge in [0.25, 0.3) is 0 Å². The topological polar surface area (TPSA) is 188 Å². The van der Waals surface area contributed by atoms with Crippen molar-refractivity contribution in [2.45, 2.75) is 41.5 Å². The molecule has 0 aliphatic rings. The maximum atomic E-state index is 13.8. The standard InChI is InChI=1S/C27H22O14/c1-11(28)35-18-8-7-17(9-19(18)36-12(2)29)24-27(40-16(6)33)23(34)22-20(41-24)10-21(37-13(3)30)25(38-14(4)31)26(22)39-15(5)32/h7-10H,1-6H3. The highest BCUT2D eigenvalue weighted by molar-refractivity contribution is 5.96. The highest BCUT2D eigenvalue weighted by atomic mass is 16.6. The second kappa shape index (κ2) is 12.1. The SMILES string of the molecule is CC(=O)Oc1ccc(-c2oc3cc(OC(C)=O)c(OC(C)=O)c(OC(C)=O)c3c(=O)c2OC(C)=O)cc1OC(C)=O. The summed E-state index contributed by atoms with van der Waals surface area (Å²) >= 11 is 0. The molecule has 2 aromatic carbocycles. The normalized spacial score (nSPS) is 10.4. The van der Waals surface area contributed by atoms with Crippen LogP contribution in [0, 0.1) is 0 Å². The van der Waals surface area contributed by atoms with Gasteiger partial charge >= 0.3 is 35.8 Å². The molecule has 41 heavy (non-hydrogen) atoms. The van der Waals surface area contributed by atoms with E-state index in [0.29, 0.717) is 0 Å². The fourth-order valence-electron chi connectivity index (χ4n) is 3.52. The molecule has 3 rings (SSSR count). The largest absolute Gasteiger partial charge is 0.452 e. The first-order valence-electron chi connectivity index (χ1n) is 11.6. The smallest absolute Gasteiger partial charge is 0.308 e. The molecule has 1 heterocycles. The monoisotopic (exact) mass is 570 g/mol. The third kappa shape index (κ3) is 7.11. The van der Waals surface area contributed by atoms with E-state index in [2.05, 4.69) is 0 Å². The lowest BCUT2D eigenvalue weighted by molar-refractivity contribution is -0.135. The van der Waals surface area contributed by atoms with Gasteiger partial charge in [0.1, 0.15) is 11.0 Å². The van der Waals surface area contributed by atoms with E-state index in [1.807, 2.05) is 0 Å². The predicted octanol–water partition coefficient (Wildman–Crippen LogP) is 3.01. The Kier molecular flexibility index (Phi) is 8.87. The van der Waals surface area contributed by atoms with Gasteiger partial charge in [0.15, 0.2) is 28.8 Å². The summed E-state index contributed by atoms with van der Waals surface area (Å²) in [6.45, 7) is 6.26. The number of esters is 6. The molecular formula is C27H22O14. The number of ether oxygens (including phenoxy) is 6. The van der Waals surface area contributed by atoms with E-state index in [1.54, 1.807) is 0 Å². The van der Waals surface area contributed by atoms with Crippen molar-refractivity contribution in [3.8, 4) is 45.8 Å². The van der Waals surface area contributed by atoms with Gasteiger partial charge in [-0.1, -0.05) is 0 Å². The molecule has 0 saturated carbocycles. The van der Waals surface area contributed by atoms with Gasteiger partial charge in [0, 0.05) is 53.2 Å². The van der Waals surface area contributed by atoms with E-state index in [9.17, 15) is 33.6 Å². The average Bonchev–Trinajstić information content (AvgIpc) is 2.82. The summed E-state index contributed by atoms with van der Waals surface area (Å²) in [5, 5.41) is -0.510. The molecule has 0 atom stereocenters. The van der Waals surface area contributed by atoms with Gasteiger partial charge in [-0.3, -0.25) is 33.6 Å². The van der Waals surface area contributed by atoms with E-state index < -0.39 is 69.6 Å². The first-order chi connectivity index (χ1) is 19.2. The molecule has 0 bridgehead atoms. The van der Waals surface area contributed by atoms with Crippen LogP contribution in [0.2, 0.25) is 0 Å². The number of hydrogen-bond acceptors (Lipinski definition) is 14. The van der Waals surface area contributed by atoms with Gasteiger partial charge in [-0.2, -0.15) is 0 Å². The van der Waals surface area contributed by atoms with Gasteiger partial charge in [-0.05, 0) is 18.2 Å². The van der Waals surface area contributed by atoms with Gasteiger partial charge in [-0.15, -0.1) is 0 Å². The van der Waals surface area contributed by atoms with Crippen LogP contribution in [0.15, 0.2) is 33.5 Å². The van der Waals surface area contributed by atoms with Crippen LogP contribution >= 0.6 is 0 Å². The van der Waals surface area contributed by atoms with Crippen LogP contribution in [-0.4, -0.2) is 35.8 Å². The van der Waals surface area contributed by atoms with Gasteiger partial charge in [0.2, 0.25) is 16.9 Å². The zero-order valence-electron chi connectivity index (χ0n) is 22.5. The molecule has 0 amide bonds. The zero-order chi connectivity index (χ0) is 30.6. The Hall–Kier alpha value is -5.53. The summed E-state index contributed by atoms with van der Waals surface area (Å²) < 4.78 is 36.6. The van der Waals surface area contributed by atoms with Crippen molar-refractivity contribution in [3.05, 3.63) is 34.5 Å². The fraction of sp³-hybridized carbons (Fsp3) is 0.222. The van der Waals surface area contributed by atoms with Crippen LogP contribution in [-0.2, 0) is 28.8 Å². The summed E-state index contributed by atoms with van der Waals surface area (Å²) in [5.74, 6) is -8.33. The van der Waals surface area contributed by atoms with E-state index in [0.717, 1.165) is 47.6 Å². The molecule has 0 aliphatic carbocycles. The van der Waals surface area contributed by atoms with E-state index >= 15 is 0 Å². The van der Waals surface area contributed by atoms with E-state index in [4.69, 9.17) is 32.8 Å². The van der Waals surface area contributed by atoms with Gasteiger partial charge < -0.3 is 32.8 Å². The molecule has 0 unspecified atom stereocenters. The predicted molar refractivity (Wildman–Crippen MR) is 136 cm³/mol. The van der Waals surface area contributed by atoms with Crippen molar-refractivity contribution in [1.29, 1.82) is 0 Å². The molecule has 0 radical (unpaired) electrons. The molecule has 14 heteroatoms. The quantitative estimate of drug-likeness (QED) is 0.298. The fourth-order valence-corrected chi connectivity index (χ4v) is 3.52. The number of carbonyl (C=O) groups excluding carboxylic acids is 6.